The molecule has 1 aromatic carbocycles. The zero-order chi connectivity index (χ0) is 21.2. The fourth-order valence-electron chi connectivity index (χ4n) is 3.44. The van der Waals surface area contributed by atoms with Gasteiger partial charge in [-0.3, -0.25) is 9.69 Å². The van der Waals surface area contributed by atoms with Gasteiger partial charge in [-0.15, -0.1) is 0 Å². The maximum Gasteiger partial charge on any atom is 0.240 e. The first-order chi connectivity index (χ1) is 13.6. The number of rotatable bonds is 7. The normalized spacial score (nSPS) is 17.5. The van der Waals surface area contributed by atoms with Crippen LogP contribution in [0.1, 0.15) is 19.7 Å². The molecule has 1 aliphatic heterocycles. The summed E-state index contributed by atoms with van der Waals surface area (Å²) in [7, 11) is -3.17. The third-order valence-electron chi connectivity index (χ3n) is 5.08. The lowest BCUT2D eigenvalue weighted by molar-refractivity contribution is -0.119. The van der Waals surface area contributed by atoms with Crippen LogP contribution in [0.3, 0.4) is 0 Å². The number of hydrogen-bond acceptors (Lipinski definition) is 7. The standard InChI is InChI=1S/C19H28N6O3S/c1-13(2)17(18(20)26)23-19-14-6-4-5-7-15(14)21-16(22-19)12-24-8-10-25(11-9-24)29(3,27)28/h4-7,13,17H,8-12H2,1-3H3,(H2,20,26)(H,21,22,23)/t17-/m0/s1. The lowest BCUT2D eigenvalue weighted by atomic mass is 10.0. The Hall–Kier alpha value is -2.30. The van der Waals surface area contributed by atoms with Gasteiger partial charge in [0.2, 0.25) is 15.9 Å². The van der Waals surface area contributed by atoms with E-state index in [1.165, 1.54) is 10.6 Å². The number of carbonyl (C=O) groups excluding carboxylic acids is 1. The number of nitrogens with two attached hydrogens (primary N) is 1. The minimum absolute atomic E-state index is 0.00810. The Kier molecular flexibility index (Phi) is 6.35. The molecule has 0 aliphatic carbocycles. The Labute approximate surface area is 171 Å². The second kappa shape index (κ2) is 8.60. The fraction of sp³-hybridized carbons (Fsp3) is 0.526. The highest BCUT2D eigenvalue weighted by atomic mass is 32.2. The lowest BCUT2D eigenvalue weighted by Crippen LogP contribution is -2.48. The molecule has 0 unspecified atom stereocenters. The highest BCUT2D eigenvalue weighted by Crippen LogP contribution is 2.23. The summed E-state index contributed by atoms with van der Waals surface area (Å²) in [6, 6.07) is 7.07. The average molecular weight is 421 g/mol. The first kappa shape index (κ1) is 21.4. The monoisotopic (exact) mass is 420 g/mol. The molecule has 1 aromatic heterocycles. The summed E-state index contributed by atoms with van der Waals surface area (Å²) >= 11 is 0. The molecule has 1 saturated heterocycles. The van der Waals surface area contributed by atoms with E-state index < -0.39 is 22.0 Å². The van der Waals surface area contributed by atoms with E-state index in [0.717, 1.165) is 10.9 Å². The van der Waals surface area contributed by atoms with E-state index in [0.29, 0.717) is 44.4 Å². The van der Waals surface area contributed by atoms with Gasteiger partial charge in [0.05, 0.1) is 18.3 Å². The number of aromatic nitrogens is 2. The van der Waals surface area contributed by atoms with Gasteiger partial charge in [-0.05, 0) is 18.1 Å². The van der Waals surface area contributed by atoms with Crippen LogP contribution in [0, 0.1) is 5.92 Å². The van der Waals surface area contributed by atoms with Gasteiger partial charge >= 0.3 is 0 Å². The van der Waals surface area contributed by atoms with Gasteiger partial charge in [0, 0.05) is 31.6 Å². The number of hydrogen-bond donors (Lipinski definition) is 2. The van der Waals surface area contributed by atoms with Crippen LogP contribution in [-0.2, 0) is 21.4 Å². The van der Waals surface area contributed by atoms with Crippen LogP contribution in [0.4, 0.5) is 5.82 Å². The van der Waals surface area contributed by atoms with E-state index in [2.05, 4.69) is 20.2 Å². The first-order valence-electron chi connectivity index (χ1n) is 9.64. The molecular weight excluding hydrogens is 392 g/mol. The lowest BCUT2D eigenvalue weighted by Gasteiger charge is -2.32. The van der Waals surface area contributed by atoms with E-state index in [9.17, 15) is 13.2 Å². The Bertz CT molecular complexity index is 987. The van der Waals surface area contributed by atoms with Crippen LogP contribution in [-0.4, -0.2) is 72.0 Å². The average Bonchev–Trinajstić information content (AvgIpc) is 2.65. The van der Waals surface area contributed by atoms with Crippen molar-refractivity contribution in [3.8, 4) is 0 Å². The molecule has 0 radical (unpaired) electrons. The maximum atomic E-state index is 11.8. The highest BCUT2D eigenvalue weighted by molar-refractivity contribution is 7.88. The molecule has 158 valence electrons. The van der Waals surface area contributed by atoms with E-state index in [1.807, 2.05) is 38.1 Å². The van der Waals surface area contributed by atoms with E-state index in [4.69, 9.17) is 5.73 Å². The molecule has 0 saturated carbocycles. The predicted molar refractivity (Wildman–Crippen MR) is 113 cm³/mol. The summed E-state index contributed by atoms with van der Waals surface area (Å²) in [4.78, 5) is 23.3. The van der Waals surface area contributed by atoms with Crippen molar-refractivity contribution in [3.05, 3.63) is 30.1 Å². The van der Waals surface area contributed by atoms with Crippen molar-refractivity contribution < 1.29 is 13.2 Å². The minimum atomic E-state index is -3.17. The smallest absolute Gasteiger partial charge is 0.240 e. The van der Waals surface area contributed by atoms with Crippen LogP contribution in [0.15, 0.2) is 24.3 Å². The van der Waals surface area contributed by atoms with Crippen molar-refractivity contribution in [2.75, 3.05) is 37.8 Å². The summed E-state index contributed by atoms with van der Waals surface area (Å²) in [6.07, 6.45) is 1.23. The quantitative estimate of drug-likeness (QED) is 0.674. The Morgan fingerprint density at radius 1 is 1.17 bits per heavy atom. The Balaban J connectivity index is 1.83. The van der Waals surface area contributed by atoms with E-state index in [-0.39, 0.29) is 5.92 Å². The molecule has 9 nitrogen and oxygen atoms in total. The number of para-hydroxylation sites is 1. The first-order valence-corrected chi connectivity index (χ1v) is 11.5. The summed E-state index contributed by atoms with van der Waals surface area (Å²) < 4.78 is 24.9. The number of primary amides is 1. The number of anilines is 1. The molecule has 3 N–H and O–H groups in total. The number of amides is 1. The number of benzene rings is 1. The van der Waals surface area contributed by atoms with Gasteiger partial charge in [0.1, 0.15) is 17.7 Å². The summed E-state index contributed by atoms with van der Waals surface area (Å²) in [5.41, 5.74) is 6.34. The van der Waals surface area contributed by atoms with Gasteiger partial charge in [0.25, 0.3) is 0 Å². The molecule has 1 fully saturated rings. The van der Waals surface area contributed by atoms with Gasteiger partial charge in [0.15, 0.2) is 0 Å². The number of sulfonamides is 1. The van der Waals surface area contributed by atoms with Crippen LogP contribution in [0.5, 0.6) is 0 Å². The number of nitrogens with zero attached hydrogens (tertiary/aromatic N) is 4. The molecule has 1 atom stereocenters. The Morgan fingerprint density at radius 2 is 1.83 bits per heavy atom. The third kappa shape index (κ3) is 5.20. The summed E-state index contributed by atoms with van der Waals surface area (Å²) in [6.45, 7) is 6.48. The van der Waals surface area contributed by atoms with Crippen LogP contribution in [0.2, 0.25) is 0 Å². The number of piperazine rings is 1. The zero-order valence-corrected chi connectivity index (χ0v) is 17.8. The second-order valence-electron chi connectivity index (χ2n) is 7.71. The predicted octanol–water partition coefficient (Wildman–Crippen LogP) is 0.629. The van der Waals surface area contributed by atoms with E-state index >= 15 is 0 Å². The van der Waals surface area contributed by atoms with Crippen LogP contribution in [0.25, 0.3) is 10.9 Å². The largest absolute Gasteiger partial charge is 0.368 e. The topological polar surface area (TPSA) is 122 Å². The molecule has 0 spiro atoms. The summed E-state index contributed by atoms with van der Waals surface area (Å²) in [5.74, 6) is 0.777. The molecular formula is C19H28N6O3S. The minimum Gasteiger partial charge on any atom is -0.368 e. The van der Waals surface area contributed by atoms with Crippen molar-refractivity contribution >= 4 is 32.7 Å². The van der Waals surface area contributed by atoms with E-state index in [1.54, 1.807) is 0 Å². The number of carbonyl (C=O) groups is 1. The van der Waals surface area contributed by atoms with Crippen molar-refractivity contribution in [3.63, 3.8) is 0 Å². The highest BCUT2D eigenvalue weighted by Gasteiger charge is 2.25. The summed E-state index contributed by atoms with van der Waals surface area (Å²) in [5, 5.41) is 4.02. The van der Waals surface area contributed by atoms with Crippen molar-refractivity contribution in [1.29, 1.82) is 0 Å². The second-order valence-corrected chi connectivity index (χ2v) is 9.69. The number of nitrogens with one attached hydrogen (secondary N) is 1. The number of fused-ring (bicyclic) bond motifs is 1. The zero-order valence-electron chi connectivity index (χ0n) is 17.0. The van der Waals surface area contributed by atoms with Crippen molar-refractivity contribution in [2.45, 2.75) is 26.4 Å². The molecule has 10 heteroatoms. The SMILES string of the molecule is CC(C)[C@H](Nc1nc(CN2CCN(S(C)(=O)=O)CC2)nc2ccccc12)C(N)=O. The van der Waals surface area contributed by atoms with Gasteiger partial charge in [-0.1, -0.05) is 26.0 Å². The molecule has 2 aromatic rings. The van der Waals surface area contributed by atoms with Gasteiger partial charge in [-0.2, -0.15) is 4.31 Å². The van der Waals surface area contributed by atoms with Crippen LogP contribution < -0.4 is 11.1 Å². The molecule has 1 aliphatic rings. The van der Waals surface area contributed by atoms with Crippen molar-refractivity contribution in [1.82, 2.24) is 19.2 Å². The fourth-order valence-corrected chi connectivity index (χ4v) is 4.26. The van der Waals surface area contributed by atoms with Gasteiger partial charge in [-0.25, -0.2) is 18.4 Å². The molecule has 0 bridgehead atoms. The Morgan fingerprint density at radius 3 is 2.41 bits per heavy atom. The van der Waals surface area contributed by atoms with Crippen LogP contribution >= 0.6 is 0 Å². The molecule has 3 rings (SSSR count). The molecule has 29 heavy (non-hydrogen) atoms. The maximum absolute atomic E-state index is 11.8. The third-order valence-corrected chi connectivity index (χ3v) is 6.38. The molecule has 1 amide bonds. The molecule has 2 heterocycles. The van der Waals surface area contributed by atoms with Crippen molar-refractivity contribution in [2.24, 2.45) is 11.7 Å². The van der Waals surface area contributed by atoms with Gasteiger partial charge < -0.3 is 11.1 Å².